The Balaban J connectivity index is 1.83. The summed E-state index contributed by atoms with van der Waals surface area (Å²) >= 11 is 0. The van der Waals surface area contributed by atoms with Crippen LogP contribution in [0.2, 0.25) is 0 Å². The van der Waals surface area contributed by atoms with Gasteiger partial charge in [0.05, 0.1) is 19.1 Å². The molecule has 2 unspecified atom stereocenters. The molecule has 35 heteroatoms. The second kappa shape index (κ2) is 38.4. The molecular formula is C61H97N21O12S2. The van der Waals surface area contributed by atoms with E-state index in [2.05, 4.69) is 62.8 Å². The standard InChI is InChI=1S/C61H97N21O12S2/c1-7-33(2)45-54(92)78-40(19-13-27-72-59(68)69)56(94)82-28-14-20-42(82)53(91)80-46(48(63)86)60(3,4)95-96-61(5,6)47(55(93)77-38(17-11-25-70-57(64)65)50(88)76-39(51(89)79-45)18-12-26-71-58(66)67)81-52(90)41(30-34-15-9-8-10-16-34)75-44(85)32-73-43(84)31-74-49(87)37(62)29-35-21-23-36(83)24-22-35/h8-10,15-16,21-24,33,37-42,45-47,83H,7,11-14,17-20,25-32,62H2,1-6H3,(H2,63,86)(H,73,84)(H,74,87)(H,75,85)(H,76,88)(H,77,93)(H,78,92)(H,79,89)(H,80,91)(H,81,90)(H4,64,65,70)(H4,66,67,71)(H4,68,69,72)/t33-,37-,38?,39?,40-,41-,42-,45-,46+,47-/m0/s1. The smallest absolute Gasteiger partial charge is 0.245 e. The van der Waals surface area contributed by atoms with Crippen molar-refractivity contribution in [1.82, 2.24) is 52.8 Å². The molecule has 0 bridgehead atoms. The van der Waals surface area contributed by atoms with Crippen molar-refractivity contribution in [2.75, 3.05) is 39.3 Å². The fraction of sp³-hybridized carbons (Fsp3) is 0.574. The van der Waals surface area contributed by atoms with Gasteiger partial charge in [-0.25, -0.2) is 0 Å². The van der Waals surface area contributed by atoms with Crippen molar-refractivity contribution in [3.8, 4) is 5.75 Å². The molecule has 2 aromatic carbocycles. The highest BCUT2D eigenvalue weighted by atomic mass is 33.1. The van der Waals surface area contributed by atoms with Crippen LogP contribution in [-0.4, -0.2) is 196 Å². The number of carbonyl (C=O) groups is 11. The number of hydrogen-bond acceptors (Lipinski definition) is 18. The van der Waals surface area contributed by atoms with Crippen molar-refractivity contribution in [3.05, 3.63) is 65.7 Å². The molecular weight excluding hydrogens is 1280 g/mol. The lowest BCUT2D eigenvalue weighted by atomic mass is 9.96. The quantitative estimate of drug-likeness (QED) is 0.0174. The third-order valence-electron chi connectivity index (χ3n) is 15.9. The average molecular weight is 1380 g/mol. The van der Waals surface area contributed by atoms with Crippen LogP contribution in [0.1, 0.15) is 110 Å². The van der Waals surface area contributed by atoms with E-state index < -0.39 is 148 Å². The minimum absolute atomic E-state index is 0.00158. The van der Waals surface area contributed by atoms with Crippen molar-refractivity contribution in [1.29, 1.82) is 0 Å². The summed E-state index contributed by atoms with van der Waals surface area (Å²) in [4.78, 5) is 171. The first-order chi connectivity index (χ1) is 45.2. The van der Waals surface area contributed by atoms with Crippen LogP contribution in [0.3, 0.4) is 0 Å². The molecule has 0 radical (unpaired) electrons. The van der Waals surface area contributed by atoms with Crippen molar-refractivity contribution >= 4 is 104 Å². The molecule has 0 aromatic heterocycles. The lowest BCUT2D eigenvalue weighted by Gasteiger charge is -2.39. The number of hydrogen-bond donors (Lipinski definition) is 18. The van der Waals surface area contributed by atoms with Gasteiger partial charge in [0.1, 0.15) is 54.1 Å². The summed E-state index contributed by atoms with van der Waals surface area (Å²) in [5, 5.41) is 33.7. The predicted octanol–water partition coefficient (Wildman–Crippen LogP) is -4.23. The van der Waals surface area contributed by atoms with Crippen LogP contribution >= 0.6 is 21.6 Å². The van der Waals surface area contributed by atoms with E-state index in [1.807, 2.05) is 0 Å². The van der Waals surface area contributed by atoms with Gasteiger partial charge in [0.25, 0.3) is 0 Å². The van der Waals surface area contributed by atoms with Crippen LogP contribution in [0.15, 0.2) is 69.6 Å². The monoisotopic (exact) mass is 1380 g/mol. The van der Waals surface area contributed by atoms with Gasteiger partial charge in [-0.2, -0.15) is 0 Å². The Morgan fingerprint density at radius 3 is 1.69 bits per heavy atom. The third kappa shape index (κ3) is 26.2. The Morgan fingerprint density at radius 1 is 0.625 bits per heavy atom. The van der Waals surface area contributed by atoms with E-state index in [9.17, 15) is 48.3 Å². The van der Waals surface area contributed by atoms with Gasteiger partial charge in [-0.05, 0) is 115 Å². The second-order valence-corrected chi connectivity index (χ2v) is 28.0. The molecule has 2 heterocycles. The van der Waals surface area contributed by atoms with Gasteiger partial charge in [0.2, 0.25) is 65.0 Å². The molecule has 0 saturated carbocycles. The van der Waals surface area contributed by atoms with E-state index in [4.69, 9.17) is 45.9 Å². The zero-order chi connectivity index (χ0) is 71.5. The number of phenolic OH excluding ortho intramolecular Hbond substituents is 1. The molecule has 4 rings (SSSR count). The lowest BCUT2D eigenvalue weighted by molar-refractivity contribution is -0.143. The number of primary amides is 1. The highest BCUT2D eigenvalue weighted by Crippen LogP contribution is 2.47. The maximum Gasteiger partial charge on any atom is 0.245 e. The highest BCUT2D eigenvalue weighted by molar-refractivity contribution is 8.77. The highest BCUT2D eigenvalue weighted by Gasteiger charge is 2.46. The van der Waals surface area contributed by atoms with Crippen LogP contribution in [-0.2, 0) is 65.6 Å². The molecule has 530 valence electrons. The largest absolute Gasteiger partial charge is 0.508 e. The van der Waals surface area contributed by atoms with Gasteiger partial charge in [-0.1, -0.05) is 84.3 Å². The van der Waals surface area contributed by atoms with E-state index in [0.29, 0.717) is 24.0 Å². The van der Waals surface area contributed by atoms with E-state index in [0.717, 1.165) is 21.6 Å². The number of aliphatic imine (C=N–C) groups is 3. The number of amides is 11. The Bertz CT molecular complexity index is 3110. The maximum absolute atomic E-state index is 15.4. The third-order valence-corrected chi connectivity index (χ3v) is 20.1. The molecule has 26 N–H and O–H groups in total. The molecule has 2 fully saturated rings. The molecule has 0 aliphatic carbocycles. The number of aromatic hydroxyl groups is 1. The van der Waals surface area contributed by atoms with Crippen LogP contribution < -0.4 is 93.7 Å². The Morgan fingerprint density at radius 2 is 1.14 bits per heavy atom. The van der Waals surface area contributed by atoms with E-state index >= 15 is 9.59 Å². The van der Waals surface area contributed by atoms with Crippen molar-refractivity contribution in [2.24, 2.45) is 66.8 Å². The molecule has 11 amide bonds. The molecule has 0 spiro atoms. The summed E-state index contributed by atoms with van der Waals surface area (Å²) in [5.41, 5.74) is 47.1. The van der Waals surface area contributed by atoms with Gasteiger partial charge in [0.15, 0.2) is 17.9 Å². The molecule has 2 saturated heterocycles. The second-order valence-electron chi connectivity index (χ2n) is 24.5. The van der Waals surface area contributed by atoms with Crippen LogP contribution in [0.25, 0.3) is 0 Å². The number of nitrogens with zero attached hydrogens (tertiary/aromatic N) is 4. The number of phenols is 1. The lowest BCUT2D eigenvalue weighted by Crippen LogP contribution is -2.63. The number of carbonyl (C=O) groups excluding carboxylic acids is 11. The van der Waals surface area contributed by atoms with Crippen molar-refractivity contribution in [2.45, 2.75) is 176 Å². The van der Waals surface area contributed by atoms with Gasteiger partial charge in [0, 0.05) is 42.1 Å². The zero-order valence-electron chi connectivity index (χ0n) is 55.2. The minimum Gasteiger partial charge on any atom is -0.508 e. The Kier molecular flexibility index (Phi) is 31.8. The maximum atomic E-state index is 15.4. The van der Waals surface area contributed by atoms with Gasteiger partial charge in [-0.3, -0.25) is 67.7 Å². The fourth-order valence-corrected chi connectivity index (χ4v) is 13.1. The normalized spacial score (nSPS) is 22.0. The summed E-state index contributed by atoms with van der Waals surface area (Å²) in [7, 11) is 1.99. The summed E-state index contributed by atoms with van der Waals surface area (Å²) < 4.78 is -2.86. The summed E-state index contributed by atoms with van der Waals surface area (Å²) in [6.45, 7) is 8.66. The van der Waals surface area contributed by atoms with Gasteiger partial charge in [-0.15, -0.1) is 0 Å². The molecule has 2 aliphatic rings. The number of nitrogens with two attached hydrogens (primary N) is 8. The first kappa shape index (κ1) is 79.3. The summed E-state index contributed by atoms with van der Waals surface area (Å²) in [6.07, 6.45) is 0.748. The Labute approximate surface area is 566 Å². The molecule has 10 atom stereocenters. The topological polar surface area (TPSA) is 565 Å². The molecule has 96 heavy (non-hydrogen) atoms. The van der Waals surface area contributed by atoms with E-state index in [1.54, 1.807) is 84.0 Å². The van der Waals surface area contributed by atoms with Crippen molar-refractivity contribution < 1.29 is 57.8 Å². The van der Waals surface area contributed by atoms with Crippen LogP contribution in [0, 0.1) is 5.92 Å². The van der Waals surface area contributed by atoms with Gasteiger partial charge >= 0.3 is 0 Å². The average Bonchev–Trinajstić information content (AvgIpc) is 1.20. The number of rotatable bonds is 27. The first-order valence-electron chi connectivity index (χ1n) is 31.6. The number of nitrogens with one attached hydrogen (secondary N) is 9. The number of benzene rings is 2. The predicted molar refractivity (Wildman–Crippen MR) is 366 cm³/mol. The molecule has 2 aromatic rings. The number of guanidine groups is 3. The molecule has 33 nitrogen and oxygen atoms in total. The van der Waals surface area contributed by atoms with Crippen molar-refractivity contribution in [3.63, 3.8) is 0 Å². The summed E-state index contributed by atoms with van der Waals surface area (Å²) in [5.74, 6) is -10.4. The fourth-order valence-electron chi connectivity index (χ4n) is 10.3. The van der Waals surface area contributed by atoms with Crippen LogP contribution in [0.5, 0.6) is 5.75 Å². The van der Waals surface area contributed by atoms with Gasteiger partial charge < -0.3 is 104 Å². The SMILES string of the molecule is CC[C@H](C)[C@@H]1NC(=O)C(CCCN=C(N)N)NC(=O)C(CCCN=C(N)N)NC(=O)[C@H](NC(=O)[C@H](Cc2ccccc2)NC(=O)CNC(=O)CNC(=O)[C@@H](N)Cc2ccc(O)cc2)C(C)(C)SSC(C)(C)[C@@H](C(N)=O)NC(=O)[C@@H]2CCCN2C(=O)[C@H](CCCN=C(N)N)NC1=O. The van der Waals surface area contributed by atoms with E-state index in [1.165, 1.54) is 17.0 Å². The zero-order valence-corrected chi connectivity index (χ0v) is 56.8. The molecule has 2 aliphatic heterocycles. The first-order valence-corrected chi connectivity index (χ1v) is 33.7. The minimum atomic E-state index is -1.67. The van der Waals surface area contributed by atoms with Crippen LogP contribution in [0.4, 0.5) is 0 Å². The van der Waals surface area contributed by atoms with E-state index in [-0.39, 0.29) is 108 Å². The number of fused-ring (bicyclic) bond motifs is 1. The summed E-state index contributed by atoms with van der Waals surface area (Å²) in [6, 6.07) is 2.09. The Hall–Kier alpha value is -9.12.